The maximum Gasteiger partial charge on any atom is 0.270 e. The second-order valence-electron chi connectivity index (χ2n) is 6.69. The molecule has 0 spiro atoms. The molecule has 29 heavy (non-hydrogen) atoms. The lowest BCUT2D eigenvalue weighted by Crippen LogP contribution is -2.27. The van der Waals surface area contributed by atoms with Gasteiger partial charge in [-0.2, -0.15) is 0 Å². The Morgan fingerprint density at radius 1 is 1.21 bits per heavy atom. The molecule has 1 N–H and O–H groups in total. The van der Waals surface area contributed by atoms with Gasteiger partial charge in [0.15, 0.2) is 4.32 Å². The number of hydrogen-bond acceptors (Lipinski definition) is 5. The van der Waals surface area contributed by atoms with Crippen LogP contribution in [0.3, 0.4) is 0 Å². The molecule has 2 aromatic rings. The fourth-order valence-electron chi connectivity index (χ4n) is 3.16. The highest BCUT2D eigenvalue weighted by atomic mass is 32.2. The molecular weight excluding hydrogens is 404 g/mol. The highest BCUT2D eigenvalue weighted by Crippen LogP contribution is 2.38. The number of fused-ring (bicyclic) bond motifs is 1. The molecule has 4 rings (SSSR count). The molecule has 1 fully saturated rings. The smallest absolute Gasteiger partial charge is 0.270 e. The third-order valence-electron chi connectivity index (χ3n) is 4.55. The zero-order valence-electron chi connectivity index (χ0n) is 15.8. The first-order chi connectivity index (χ1) is 13.9. The van der Waals surface area contributed by atoms with Crippen LogP contribution in [-0.2, 0) is 9.59 Å². The Hall–Kier alpha value is -2.90. The number of thioether (sulfide) groups is 1. The summed E-state index contributed by atoms with van der Waals surface area (Å²) in [6.45, 7) is 3.41. The fraction of sp³-hybridized carbons (Fsp3) is 0.136. The molecule has 2 aliphatic heterocycles. The molecule has 0 aliphatic carbocycles. The van der Waals surface area contributed by atoms with Crippen LogP contribution in [0.15, 0.2) is 65.1 Å². The number of rotatable bonds is 3. The molecule has 0 bridgehead atoms. The van der Waals surface area contributed by atoms with E-state index in [1.165, 1.54) is 23.6 Å². The topological polar surface area (TPSA) is 58.6 Å². The monoisotopic (exact) mass is 422 g/mol. The molecule has 146 valence electrons. The average molecular weight is 423 g/mol. The largest absolute Gasteiger partial charge is 0.485 e. The summed E-state index contributed by atoms with van der Waals surface area (Å²) in [6.07, 6.45) is 3.73. The lowest BCUT2D eigenvalue weighted by molar-refractivity contribution is -0.114. The van der Waals surface area contributed by atoms with Crippen LogP contribution in [-0.4, -0.2) is 22.2 Å². The summed E-state index contributed by atoms with van der Waals surface area (Å²) in [4.78, 5) is 26.3. The van der Waals surface area contributed by atoms with Crippen LogP contribution < -0.4 is 15.0 Å². The highest BCUT2D eigenvalue weighted by molar-refractivity contribution is 8.27. The van der Waals surface area contributed by atoms with Gasteiger partial charge in [-0.3, -0.25) is 14.5 Å². The van der Waals surface area contributed by atoms with E-state index in [9.17, 15) is 9.59 Å². The third-order valence-corrected chi connectivity index (χ3v) is 5.85. The molecule has 2 heterocycles. The molecule has 2 aliphatic rings. The van der Waals surface area contributed by atoms with Crippen LogP contribution in [0.1, 0.15) is 19.4 Å². The van der Waals surface area contributed by atoms with Gasteiger partial charge in [-0.25, -0.2) is 0 Å². The number of benzene rings is 2. The number of para-hydroxylation sites is 1. The minimum atomic E-state index is -0.167. The Morgan fingerprint density at radius 3 is 2.66 bits per heavy atom. The summed E-state index contributed by atoms with van der Waals surface area (Å²) in [5.74, 6) is 0.521. The van der Waals surface area contributed by atoms with E-state index in [0.29, 0.717) is 20.6 Å². The van der Waals surface area contributed by atoms with Crippen molar-refractivity contribution in [1.29, 1.82) is 0 Å². The number of nitrogens with zero attached hydrogens (tertiary/aromatic N) is 1. The van der Waals surface area contributed by atoms with Gasteiger partial charge in [0.1, 0.15) is 11.9 Å². The zero-order valence-corrected chi connectivity index (χ0v) is 17.5. The van der Waals surface area contributed by atoms with Crippen molar-refractivity contribution < 1.29 is 14.3 Å². The zero-order chi connectivity index (χ0) is 20.5. The second-order valence-corrected chi connectivity index (χ2v) is 8.36. The number of anilines is 2. The van der Waals surface area contributed by atoms with Gasteiger partial charge in [-0.1, -0.05) is 42.2 Å². The van der Waals surface area contributed by atoms with Crippen molar-refractivity contribution in [2.45, 2.75) is 20.0 Å². The summed E-state index contributed by atoms with van der Waals surface area (Å²) < 4.78 is 6.43. The maximum absolute atomic E-state index is 13.0. The van der Waals surface area contributed by atoms with E-state index in [2.05, 4.69) is 5.32 Å². The number of amides is 2. The van der Waals surface area contributed by atoms with Crippen LogP contribution in [0.2, 0.25) is 0 Å². The predicted octanol–water partition coefficient (Wildman–Crippen LogP) is 4.76. The lowest BCUT2D eigenvalue weighted by Gasteiger charge is -2.23. The summed E-state index contributed by atoms with van der Waals surface area (Å²) in [7, 11) is 0. The Morgan fingerprint density at radius 2 is 1.93 bits per heavy atom. The Bertz CT molecular complexity index is 1070. The molecule has 0 unspecified atom stereocenters. The summed E-state index contributed by atoms with van der Waals surface area (Å²) in [6, 6.07) is 14.8. The molecule has 1 atom stereocenters. The summed E-state index contributed by atoms with van der Waals surface area (Å²) in [5, 5.41) is 2.71. The van der Waals surface area contributed by atoms with E-state index in [0.717, 1.165) is 16.9 Å². The summed E-state index contributed by atoms with van der Waals surface area (Å²) >= 11 is 6.72. The van der Waals surface area contributed by atoms with Crippen molar-refractivity contribution in [3.8, 4) is 5.75 Å². The number of thiocarbonyl (C=S) groups is 1. The van der Waals surface area contributed by atoms with Crippen LogP contribution in [0, 0.1) is 0 Å². The molecule has 5 nitrogen and oxygen atoms in total. The van der Waals surface area contributed by atoms with E-state index in [-0.39, 0.29) is 17.9 Å². The van der Waals surface area contributed by atoms with Gasteiger partial charge in [0, 0.05) is 18.2 Å². The van der Waals surface area contributed by atoms with Gasteiger partial charge in [-0.05, 0) is 55.0 Å². The van der Waals surface area contributed by atoms with E-state index >= 15 is 0 Å². The van der Waals surface area contributed by atoms with E-state index < -0.39 is 0 Å². The molecular formula is C22H18N2O3S2. The van der Waals surface area contributed by atoms with E-state index in [1.54, 1.807) is 24.3 Å². The second kappa shape index (κ2) is 7.85. The molecule has 1 saturated heterocycles. The average Bonchev–Trinajstić information content (AvgIpc) is 2.96. The Labute approximate surface area is 178 Å². The van der Waals surface area contributed by atoms with Gasteiger partial charge < -0.3 is 10.1 Å². The third kappa shape index (κ3) is 3.97. The first-order valence-electron chi connectivity index (χ1n) is 9.05. The first kappa shape index (κ1) is 19.4. The Balaban J connectivity index is 1.60. The Kier molecular flexibility index (Phi) is 5.25. The molecule has 0 saturated carbocycles. The van der Waals surface area contributed by atoms with Gasteiger partial charge in [-0.15, -0.1) is 0 Å². The van der Waals surface area contributed by atoms with Crippen molar-refractivity contribution in [3.05, 3.63) is 70.6 Å². The lowest BCUT2D eigenvalue weighted by atomic mass is 10.0. The summed E-state index contributed by atoms with van der Waals surface area (Å²) in [5.41, 5.74) is 3.24. The van der Waals surface area contributed by atoms with Gasteiger partial charge in [0.05, 0.1) is 10.6 Å². The molecule has 7 heteroatoms. The van der Waals surface area contributed by atoms with Crippen molar-refractivity contribution in [1.82, 2.24) is 0 Å². The number of ether oxygens (including phenoxy) is 1. The molecule has 2 amide bonds. The number of nitrogens with one attached hydrogen (secondary N) is 1. The number of carbonyl (C=O) groups is 2. The highest BCUT2D eigenvalue weighted by Gasteiger charge is 2.34. The minimum absolute atomic E-state index is 0.148. The molecule has 2 aromatic carbocycles. The van der Waals surface area contributed by atoms with Crippen molar-refractivity contribution in [2.24, 2.45) is 0 Å². The maximum atomic E-state index is 13.0. The predicted molar refractivity (Wildman–Crippen MR) is 121 cm³/mol. The normalized spacial score (nSPS) is 19.7. The van der Waals surface area contributed by atoms with Gasteiger partial charge >= 0.3 is 0 Å². The first-order valence-corrected chi connectivity index (χ1v) is 10.3. The van der Waals surface area contributed by atoms with E-state index in [4.69, 9.17) is 17.0 Å². The molecule has 0 radical (unpaired) electrons. The van der Waals surface area contributed by atoms with E-state index in [1.807, 2.05) is 43.3 Å². The fourth-order valence-corrected chi connectivity index (χ4v) is 4.46. The standard InChI is InChI=1S/C22H18N2O3S2/c1-13-16(11-15-5-3-4-6-19(15)27-13)12-20-21(26)24(22(28)29-20)18-9-7-17(8-10-18)23-14(2)25/h3-13H,1-2H3,(H,23,25)/b20-12+/t13-/m0/s1. The number of carbonyl (C=O) groups excluding carboxylic acids is 2. The van der Waals surface area contributed by atoms with Crippen LogP contribution in [0.5, 0.6) is 5.75 Å². The van der Waals surface area contributed by atoms with Crippen LogP contribution >= 0.6 is 24.0 Å². The van der Waals surface area contributed by atoms with Crippen LogP contribution in [0.25, 0.3) is 6.08 Å². The van der Waals surface area contributed by atoms with Crippen molar-refractivity contribution in [3.63, 3.8) is 0 Å². The van der Waals surface area contributed by atoms with Gasteiger partial charge in [0.2, 0.25) is 5.91 Å². The van der Waals surface area contributed by atoms with Crippen molar-refractivity contribution >= 4 is 57.6 Å². The quantitative estimate of drug-likeness (QED) is 0.571. The van der Waals surface area contributed by atoms with Crippen LogP contribution in [0.4, 0.5) is 11.4 Å². The molecule has 0 aromatic heterocycles. The SMILES string of the molecule is CC(=O)Nc1ccc(N2C(=O)/C(=C\C3=Cc4ccccc4O[C@H]3C)SC2=S)cc1. The minimum Gasteiger partial charge on any atom is -0.485 e. The van der Waals surface area contributed by atoms with Crippen molar-refractivity contribution in [2.75, 3.05) is 10.2 Å². The number of hydrogen-bond donors (Lipinski definition) is 1. The van der Waals surface area contributed by atoms with Gasteiger partial charge in [0.25, 0.3) is 5.91 Å².